The fraction of sp³-hybridized carbons (Fsp3) is 0.846. The Labute approximate surface area is 132 Å². The first kappa shape index (κ1) is 19.7. The van der Waals surface area contributed by atoms with E-state index in [4.69, 9.17) is 14.6 Å². The first-order valence-corrected chi connectivity index (χ1v) is 7.13. The molecule has 6 N–H and O–H groups in total. The Kier molecular flexibility index (Phi) is 6.86. The summed E-state index contributed by atoms with van der Waals surface area (Å²) in [5.74, 6) is -4.24. The number of carboxylic acid groups (broad SMARTS) is 1. The number of carboxylic acids is 1. The van der Waals surface area contributed by atoms with E-state index >= 15 is 0 Å². The number of hydrogen-bond donors (Lipinski definition) is 6. The van der Waals surface area contributed by atoms with Crippen molar-refractivity contribution in [2.24, 2.45) is 0 Å². The molecule has 0 bridgehead atoms. The van der Waals surface area contributed by atoms with Crippen molar-refractivity contribution >= 4 is 11.9 Å². The third-order valence-electron chi connectivity index (χ3n) is 3.80. The third-order valence-corrected chi connectivity index (χ3v) is 3.80. The smallest absolute Gasteiger partial charge is 0.364 e. The molecule has 0 aromatic heterocycles. The lowest BCUT2D eigenvalue weighted by atomic mass is 9.88. The number of ether oxygens (including phenoxy) is 2. The quantitative estimate of drug-likeness (QED) is 0.287. The summed E-state index contributed by atoms with van der Waals surface area (Å²) >= 11 is 0. The maximum atomic E-state index is 11.6. The molecule has 0 spiro atoms. The normalized spacial score (nSPS) is 33.7. The average Bonchev–Trinajstić information content (AvgIpc) is 2.54. The van der Waals surface area contributed by atoms with Crippen LogP contribution in [0.3, 0.4) is 0 Å². The summed E-state index contributed by atoms with van der Waals surface area (Å²) < 4.78 is 10.1. The van der Waals surface area contributed by atoms with Crippen molar-refractivity contribution in [1.82, 2.24) is 5.32 Å². The zero-order chi connectivity index (χ0) is 17.8. The van der Waals surface area contributed by atoms with Crippen LogP contribution in [-0.4, -0.2) is 87.4 Å². The van der Waals surface area contributed by atoms with Crippen LogP contribution in [0.1, 0.15) is 19.8 Å². The number of methoxy groups -OCH3 is 1. The lowest BCUT2D eigenvalue weighted by Crippen LogP contribution is -2.67. The average molecular weight is 337 g/mol. The van der Waals surface area contributed by atoms with Gasteiger partial charge in [0.2, 0.25) is 5.91 Å². The molecule has 23 heavy (non-hydrogen) atoms. The Balaban J connectivity index is 3.14. The second kappa shape index (κ2) is 7.99. The minimum absolute atomic E-state index is 0.0862. The highest BCUT2D eigenvalue weighted by atomic mass is 16.7. The van der Waals surface area contributed by atoms with Gasteiger partial charge in [0, 0.05) is 20.0 Å². The molecule has 1 saturated heterocycles. The number of hydrogen-bond acceptors (Lipinski definition) is 8. The van der Waals surface area contributed by atoms with Gasteiger partial charge in [0.05, 0.1) is 18.8 Å². The number of aliphatic hydroxyl groups excluding tert-OH is 4. The van der Waals surface area contributed by atoms with Crippen LogP contribution < -0.4 is 5.32 Å². The standard InChI is InChI=1S/C13H23NO9/c1-3-8(18)14-9-6(16)4-13(22-2,12(20)21)23-11(9)10(19)7(17)5-15/h6-7,9-11,15-17,19H,3-5H2,1-2H3,(H,14,18)(H,20,21)/t6-,7+,9+,10+,11+,13-/m0/s1. The van der Waals surface area contributed by atoms with Crippen LogP contribution in [0, 0.1) is 0 Å². The van der Waals surface area contributed by atoms with Crippen molar-refractivity contribution < 1.29 is 44.6 Å². The summed E-state index contributed by atoms with van der Waals surface area (Å²) in [6.45, 7) is 0.745. The van der Waals surface area contributed by atoms with Crippen molar-refractivity contribution in [3.8, 4) is 0 Å². The molecule has 0 saturated carbocycles. The van der Waals surface area contributed by atoms with Crippen LogP contribution in [0.5, 0.6) is 0 Å². The van der Waals surface area contributed by atoms with Crippen LogP contribution in [-0.2, 0) is 19.1 Å². The second-order valence-corrected chi connectivity index (χ2v) is 5.30. The molecule has 10 nitrogen and oxygen atoms in total. The minimum atomic E-state index is -2.24. The molecule has 10 heteroatoms. The molecular formula is C13H23NO9. The Hall–Kier alpha value is -1.30. The molecule has 0 aromatic carbocycles. The molecule has 1 aliphatic rings. The van der Waals surface area contributed by atoms with Crippen molar-refractivity contribution in [3.05, 3.63) is 0 Å². The van der Waals surface area contributed by atoms with E-state index in [-0.39, 0.29) is 6.42 Å². The molecule has 1 rings (SSSR count). The molecule has 1 fully saturated rings. The monoisotopic (exact) mass is 337 g/mol. The topological polar surface area (TPSA) is 166 Å². The van der Waals surface area contributed by atoms with Gasteiger partial charge in [-0.15, -0.1) is 0 Å². The van der Waals surface area contributed by atoms with Crippen LogP contribution in [0.2, 0.25) is 0 Å². The molecule has 1 amide bonds. The van der Waals surface area contributed by atoms with Gasteiger partial charge in [-0.3, -0.25) is 4.79 Å². The molecule has 0 aliphatic carbocycles. The molecule has 0 unspecified atom stereocenters. The second-order valence-electron chi connectivity index (χ2n) is 5.30. The number of amides is 1. The molecule has 6 atom stereocenters. The molecule has 1 aliphatic heterocycles. The van der Waals surface area contributed by atoms with E-state index in [9.17, 15) is 30.0 Å². The van der Waals surface area contributed by atoms with Crippen LogP contribution in [0.4, 0.5) is 0 Å². The highest BCUT2D eigenvalue weighted by Gasteiger charge is 2.55. The van der Waals surface area contributed by atoms with E-state index in [1.54, 1.807) is 6.92 Å². The summed E-state index contributed by atoms with van der Waals surface area (Å²) in [4.78, 5) is 23.0. The van der Waals surface area contributed by atoms with E-state index < -0.39 is 61.1 Å². The van der Waals surface area contributed by atoms with Gasteiger partial charge >= 0.3 is 5.97 Å². The van der Waals surface area contributed by atoms with Gasteiger partial charge in [0.15, 0.2) is 0 Å². The van der Waals surface area contributed by atoms with Crippen molar-refractivity contribution in [3.63, 3.8) is 0 Å². The molecule has 0 radical (unpaired) electrons. The zero-order valence-electron chi connectivity index (χ0n) is 12.9. The Morgan fingerprint density at radius 3 is 2.48 bits per heavy atom. The van der Waals surface area contributed by atoms with Crippen LogP contribution >= 0.6 is 0 Å². The highest BCUT2D eigenvalue weighted by molar-refractivity contribution is 5.77. The third kappa shape index (κ3) is 4.16. The van der Waals surface area contributed by atoms with Crippen molar-refractivity contribution in [2.45, 2.75) is 56.0 Å². The van der Waals surface area contributed by atoms with E-state index in [0.717, 1.165) is 7.11 Å². The summed E-state index contributed by atoms with van der Waals surface area (Å²) in [6.07, 6.45) is -6.75. The predicted octanol–water partition coefficient (Wildman–Crippen LogP) is -2.83. The fourth-order valence-electron chi connectivity index (χ4n) is 2.39. The van der Waals surface area contributed by atoms with Gasteiger partial charge in [-0.1, -0.05) is 6.92 Å². The van der Waals surface area contributed by atoms with Crippen LogP contribution in [0.25, 0.3) is 0 Å². The number of aliphatic carboxylic acids is 1. The Morgan fingerprint density at radius 2 is 2.04 bits per heavy atom. The van der Waals surface area contributed by atoms with Gasteiger partial charge < -0.3 is 40.3 Å². The van der Waals surface area contributed by atoms with Gasteiger partial charge in [-0.25, -0.2) is 4.79 Å². The first-order chi connectivity index (χ1) is 10.7. The number of carbonyl (C=O) groups excluding carboxylic acids is 1. The maximum Gasteiger partial charge on any atom is 0.364 e. The zero-order valence-corrected chi connectivity index (χ0v) is 12.9. The van der Waals surface area contributed by atoms with E-state index in [2.05, 4.69) is 5.32 Å². The summed E-state index contributed by atoms with van der Waals surface area (Å²) in [7, 11) is 1.05. The van der Waals surface area contributed by atoms with Gasteiger partial charge in [-0.2, -0.15) is 0 Å². The Bertz CT molecular complexity index is 432. The largest absolute Gasteiger partial charge is 0.477 e. The van der Waals surface area contributed by atoms with Gasteiger partial charge in [0.1, 0.15) is 18.3 Å². The summed E-state index contributed by atoms with van der Waals surface area (Å²) in [6, 6.07) is -1.18. The summed E-state index contributed by atoms with van der Waals surface area (Å²) in [5, 5.41) is 50.5. The first-order valence-electron chi connectivity index (χ1n) is 7.13. The number of nitrogens with one attached hydrogen (secondary N) is 1. The number of aliphatic hydroxyl groups is 4. The number of rotatable bonds is 7. The van der Waals surface area contributed by atoms with Crippen molar-refractivity contribution in [1.29, 1.82) is 0 Å². The van der Waals surface area contributed by atoms with E-state index in [0.29, 0.717) is 0 Å². The molecule has 134 valence electrons. The molecule has 0 aromatic rings. The summed E-state index contributed by atoms with van der Waals surface area (Å²) in [5.41, 5.74) is 0. The molecule has 1 heterocycles. The SMILES string of the molecule is CCC(=O)N[C@H]1[C@H]([C@H](O)[C@H](O)CO)O[C@](OC)(C(=O)O)C[C@@H]1O. The minimum Gasteiger partial charge on any atom is -0.477 e. The Morgan fingerprint density at radius 1 is 1.43 bits per heavy atom. The predicted molar refractivity (Wildman–Crippen MR) is 74.2 cm³/mol. The number of carbonyl (C=O) groups is 2. The van der Waals surface area contributed by atoms with Gasteiger partial charge in [-0.05, 0) is 0 Å². The van der Waals surface area contributed by atoms with E-state index in [1.165, 1.54) is 0 Å². The van der Waals surface area contributed by atoms with Crippen molar-refractivity contribution in [2.75, 3.05) is 13.7 Å². The van der Waals surface area contributed by atoms with Gasteiger partial charge in [0.25, 0.3) is 5.79 Å². The van der Waals surface area contributed by atoms with Crippen LogP contribution in [0.15, 0.2) is 0 Å². The highest BCUT2D eigenvalue weighted by Crippen LogP contribution is 2.32. The fourth-order valence-corrected chi connectivity index (χ4v) is 2.39. The lowest BCUT2D eigenvalue weighted by molar-refractivity contribution is -0.303. The van der Waals surface area contributed by atoms with E-state index in [1.807, 2.05) is 0 Å². The maximum absolute atomic E-state index is 11.6. The molecular weight excluding hydrogens is 314 g/mol. The lowest BCUT2D eigenvalue weighted by Gasteiger charge is -2.46.